The zero-order chi connectivity index (χ0) is 21.2. The number of rotatable bonds is 6. The molecule has 0 aliphatic carbocycles. The Morgan fingerprint density at radius 1 is 0.871 bits per heavy atom. The second-order valence-corrected chi connectivity index (χ2v) is 8.55. The van der Waals surface area contributed by atoms with Crippen LogP contribution in [-0.4, -0.2) is 57.2 Å². The third-order valence-corrected chi connectivity index (χ3v) is 6.59. The van der Waals surface area contributed by atoms with Crippen molar-refractivity contribution in [1.29, 1.82) is 0 Å². The summed E-state index contributed by atoms with van der Waals surface area (Å²) in [5, 5.41) is 0. The first-order valence-corrected chi connectivity index (χ1v) is 11.3. The molecule has 5 rings (SSSR count). The Morgan fingerprint density at radius 3 is 2.32 bits per heavy atom. The number of amides is 2. The number of carbonyl (C=O) groups excluding carboxylic acids is 2. The van der Waals surface area contributed by atoms with Gasteiger partial charge in [-0.25, -0.2) is 4.98 Å². The summed E-state index contributed by atoms with van der Waals surface area (Å²) >= 11 is 0. The quantitative estimate of drug-likeness (QED) is 0.575. The number of carbonyl (C=O) groups is 2. The summed E-state index contributed by atoms with van der Waals surface area (Å²) in [6.45, 7) is 3.54. The van der Waals surface area contributed by atoms with E-state index < -0.39 is 0 Å². The van der Waals surface area contributed by atoms with Crippen molar-refractivity contribution in [1.82, 2.24) is 19.2 Å². The molecule has 4 heterocycles. The molecule has 2 saturated heterocycles. The van der Waals surface area contributed by atoms with Gasteiger partial charge >= 0.3 is 0 Å². The number of fused-ring (bicyclic) bond motifs is 1. The number of nitrogens with zero attached hydrogens (tertiary/aromatic N) is 4. The van der Waals surface area contributed by atoms with Crippen LogP contribution in [0.5, 0.6) is 0 Å². The van der Waals surface area contributed by atoms with Gasteiger partial charge in [0.25, 0.3) is 0 Å². The molecule has 2 fully saturated rings. The minimum Gasteiger partial charge on any atom is -0.303 e. The summed E-state index contributed by atoms with van der Waals surface area (Å²) < 4.78 is 2.26. The zero-order valence-electron chi connectivity index (χ0n) is 17.7. The lowest BCUT2D eigenvalue weighted by molar-refractivity contribution is -0.138. The molecule has 0 spiro atoms. The molecule has 0 N–H and O–H groups in total. The standard InChI is InChI=1S/C25H28N4O2/c30-22-10-11-23(31)29(22)16-6-14-27-17-12-20(13-18-27)25-26-24(19-7-2-1-3-8-19)21-9-4-5-15-28(21)25/h1-5,7-9,15,20H,6,10-14,16-18H2. The van der Waals surface area contributed by atoms with Gasteiger partial charge in [0, 0.05) is 37.1 Å². The summed E-state index contributed by atoms with van der Waals surface area (Å²) in [4.78, 5) is 32.5. The molecule has 0 radical (unpaired) electrons. The van der Waals surface area contributed by atoms with Gasteiger partial charge in [0.1, 0.15) is 5.82 Å². The molecule has 31 heavy (non-hydrogen) atoms. The number of pyridine rings is 1. The van der Waals surface area contributed by atoms with Gasteiger partial charge in [-0.1, -0.05) is 36.4 Å². The fraction of sp³-hybridized carbons (Fsp3) is 0.400. The minimum absolute atomic E-state index is 0.0101. The lowest BCUT2D eigenvalue weighted by Gasteiger charge is -2.31. The summed E-state index contributed by atoms with van der Waals surface area (Å²) in [5.74, 6) is 1.57. The Kier molecular flexibility index (Phi) is 5.55. The maximum atomic E-state index is 11.8. The molecule has 0 bridgehead atoms. The number of aromatic nitrogens is 2. The average molecular weight is 417 g/mol. The van der Waals surface area contributed by atoms with Crippen molar-refractivity contribution in [3.8, 4) is 11.3 Å². The van der Waals surface area contributed by atoms with Crippen molar-refractivity contribution >= 4 is 17.3 Å². The Hall–Kier alpha value is -2.99. The Labute approximate surface area is 182 Å². The van der Waals surface area contributed by atoms with E-state index in [1.807, 2.05) is 6.07 Å². The molecule has 1 aromatic carbocycles. The van der Waals surface area contributed by atoms with Crippen LogP contribution < -0.4 is 0 Å². The van der Waals surface area contributed by atoms with E-state index in [1.165, 1.54) is 4.90 Å². The number of imidazole rings is 1. The van der Waals surface area contributed by atoms with Gasteiger partial charge in [0.2, 0.25) is 11.8 Å². The maximum Gasteiger partial charge on any atom is 0.229 e. The number of hydrogen-bond acceptors (Lipinski definition) is 4. The van der Waals surface area contributed by atoms with E-state index >= 15 is 0 Å². The van der Waals surface area contributed by atoms with E-state index in [4.69, 9.17) is 4.98 Å². The van der Waals surface area contributed by atoms with Crippen LogP contribution in [0.4, 0.5) is 0 Å². The highest BCUT2D eigenvalue weighted by Crippen LogP contribution is 2.32. The Bertz CT molecular complexity index is 1070. The third kappa shape index (κ3) is 4.00. The highest BCUT2D eigenvalue weighted by Gasteiger charge is 2.29. The van der Waals surface area contributed by atoms with Gasteiger partial charge in [-0.3, -0.25) is 14.5 Å². The van der Waals surface area contributed by atoms with E-state index in [2.05, 4.69) is 58.0 Å². The molecule has 6 heteroatoms. The van der Waals surface area contributed by atoms with Gasteiger partial charge in [-0.05, 0) is 51.0 Å². The molecule has 160 valence electrons. The lowest BCUT2D eigenvalue weighted by Crippen LogP contribution is -2.37. The fourth-order valence-corrected chi connectivity index (χ4v) is 4.90. The van der Waals surface area contributed by atoms with Crippen molar-refractivity contribution in [2.45, 2.75) is 38.0 Å². The summed E-state index contributed by atoms with van der Waals surface area (Å²) in [5.41, 5.74) is 3.37. The number of likely N-dealkylation sites (tertiary alicyclic amines) is 2. The van der Waals surface area contributed by atoms with Crippen LogP contribution in [-0.2, 0) is 9.59 Å². The van der Waals surface area contributed by atoms with E-state index in [-0.39, 0.29) is 11.8 Å². The van der Waals surface area contributed by atoms with Crippen LogP contribution in [0.15, 0.2) is 54.7 Å². The first-order valence-electron chi connectivity index (χ1n) is 11.3. The molecule has 2 aliphatic heterocycles. The normalized spacial score (nSPS) is 18.4. The van der Waals surface area contributed by atoms with Crippen LogP contribution in [0.1, 0.15) is 43.8 Å². The molecule has 2 aromatic heterocycles. The number of piperidine rings is 1. The van der Waals surface area contributed by atoms with Crippen molar-refractivity contribution in [2.75, 3.05) is 26.2 Å². The predicted octanol–water partition coefficient (Wildman–Crippen LogP) is 3.72. The van der Waals surface area contributed by atoms with Gasteiger partial charge in [-0.15, -0.1) is 0 Å². The first kappa shape index (κ1) is 19.9. The van der Waals surface area contributed by atoms with Gasteiger partial charge in [-0.2, -0.15) is 0 Å². The van der Waals surface area contributed by atoms with Crippen molar-refractivity contribution in [2.24, 2.45) is 0 Å². The smallest absolute Gasteiger partial charge is 0.229 e. The van der Waals surface area contributed by atoms with Crippen LogP contribution in [0, 0.1) is 0 Å². The summed E-state index contributed by atoms with van der Waals surface area (Å²) in [7, 11) is 0. The van der Waals surface area contributed by atoms with Crippen molar-refractivity contribution in [3.05, 3.63) is 60.6 Å². The fourth-order valence-electron chi connectivity index (χ4n) is 4.90. The lowest BCUT2D eigenvalue weighted by atomic mass is 9.96. The molecule has 0 saturated carbocycles. The molecule has 6 nitrogen and oxygen atoms in total. The molecular formula is C25H28N4O2. The van der Waals surface area contributed by atoms with Crippen molar-refractivity contribution < 1.29 is 9.59 Å². The maximum absolute atomic E-state index is 11.8. The topological polar surface area (TPSA) is 57.9 Å². The van der Waals surface area contributed by atoms with Crippen molar-refractivity contribution in [3.63, 3.8) is 0 Å². The summed E-state index contributed by atoms with van der Waals surface area (Å²) in [6.07, 6.45) is 5.89. The SMILES string of the molecule is O=C1CCC(=O)N1CCCN1CCC(c2nc(-c3ccccc3)c3ccccn23)CC1. The predicted molar refractivity (Wildman–Crippen MR) is 120 cm³/mol. The first-order chi connectivity index (χ1) is 15.2. The van der Waals surface area contributed by atoms with Crippen LogP contribution in [0.2, 0.25) is 0 Å². The third-order valence-electron chi connectivity index (χ3n) is 6.59. The molecule has 2 aliphatic rings. The average Bonchev–Trinajstić information content (AvgIpc) is 3.35. The number of hydrogen-bond donors (Lipinski definition) is 0. The van der Waals surface area contributed by atoms with E-state index in [0.29, 0.717) is 25.3 Å². The largest absolute Gasteiger partial charge is 0.303 e. The van der Waals surface area contributed by atoms with Crippen LogP contribution in [0.25, 0.3) is 16.8 Å². The van der Waals surface area contributed by atoms with E-state index in [1.54, 1.807) is 0 Å². The highest BCUT2D eigenvalue weighted by molar-refractivity contribution is 6.01. The van der Waals surface area contributed by atoms with Gasteiger partial charge in [0.05, 0.1) is 11.2 Å². The number of imide groups is 1. The second-order valence-electron chi connectivity index (χ2n) is 8.55. The van der Waals surface area contributed by atoms with E-state index in [0.717, 1.165) is 61.5 Å². The van der Waals surface area contributed by atoms with Crippen LogP contribution >= 0.6 is 0 Å². The highest BCUT2D eigenvalue weighted by atomic mass is 16.2. The second kappa shape index (κ2) is 8.63. The number of benzene rings is 1. The molecule has 2 amide bonds. The van der Waals surface area contributed by atoms with Gasteiger partial charge < -0.3 is 9.30 Å². The minimum atomic E-state index is -0.0101. The van der Waals surface area contributed by atoms with Crippen LogP contribution in [0.3, 0.4) is 0 Å². The monoisotopic (exact) mass is 416 g/mol. The molecule has 3 aromatic rings. The summed E-state index contributed by atoms with van der Waals surface area (Å²) in [6, 6.07) is 16.7. The Balaban J connectivity index is 1.24. The van der Waals surface area contributed by atoms with Gasteiger partial charge in [0.15, 0.2) is 0 Å². The zero-order valence-corrected chi connectivity index (χ0v) is 17.7. The van der Waals surface area contributed by atoms with E-state index in [9.17, 15) is 9.59 Å². The molecular weight excluding hydrogens is 388 g/mol. The molecule has 0 unspecified atom stereocenters. The Morgan fingerprint density at radius 2 is 1.58 bits per heavy atom. The molecule has 0 atom stereocenters.